The van der Waals surface area contributed by atoms with Crippen molar-refractivity contribution in [3.63, 3.8) is 0 Å². The van der Waals surface area contributed by atoms with E-state index in [0.29, 0.717) is 29.3 Å². The first-order valence-electron chi connectivity index (χ1n) is 9.82. The van der Waals surface area contributed by atoms with E-state index in [1.807, 2.05) is 48.7 Å². The first-order valence-corrected chi connectivity index (χ1v) is 9.82. The summed E-state index contributed by atoms with van der Waals surface area (Å²) in [6.45, 7) is 4.06. The number of aryl methyl sites for hydroxylation is 1. The number of rotatable bonds is 8. The Bertz CT molecular complexity index is 1070. The maximum Gasteiger partial charge on any atom is 0.340 e. The van der Waals surface area contributed by atoms with Gasteiger partial charge in [-0.3, -0.25) is 4.79 Å². The lowest BCUT2D eigenvalue weighted by atomic mass is 10.2. The number of carbonyl (C=O) groups is 2. The average molecular weight is 422 g/mol. The standard InChI is InChI=1S/C24H26N2O5/c1-16-12-20(17(2)26(16)14-18-8-6-5-7-9-18)24(28)31-15-23(27)25-21-11-10-19(29-3)13-22(21)30-4/h5-13H,14-15H2,1-4H3,(H,25,27). The number of aromatic nitrogens is 1. The van der Waals surface area contributed by atoms with Crippen LogP contribution in [0.25, 0.3) is 0 Å². The molecule has 2 aromatic carbocycles. The van der Waals surface area contributed by atoms with Crippen LogP contribution < -0.4 is 14.8 Å². The summed E-state index contributed by atoms with van der Waals surface area (Å²) < 4.78 is 17.7. The second kappa shape index (κ2) is 9.84. The molecule has 0 saturated heterocycles. The molecule has 1 heterocycles. The SMILES string of the molecule is COc1ccc(NC(=O)COC(=O)c2cc(C)n(Cc3ccccc3)c2C)c(OC)c1. The second-order valence-electron chi connectivity index (χ2n) is 7.05. The van der Waals surface area contributed by atoms with Gasteiger partial charge in [0.15, 0.2) is 6.61 Å². The fourth-order valence-corrected chi connectivity index (χ4v) is 3.31. The highest BCUT2D eigenvalue weighted by Gasteiger charge is 2.19. The van der Waals surface area contributed by atoms with Gasteiger partial charge in [0.25, 0.3) is 5.91 Å². The summed E-state index contributed by atoms with van der Waals surface area (Å²) in [5, 5.41) is 2.68. The Kier molecular flexibility index (Phi) is 6.97. The molecule has 162 valence electrons. The van der Waals surface area contributed by atoms with E-state index >= 15 is 0 Å². The number of anilines is 1. The number of amides is 1. The number of carbonyl (C=O) groups excluding carboxylic acids is 2. The van der Waals surface area contributed by atoms with Crippen molar-refractivity contribution in [1.29, 1.82) is 0 Å². The van der Waals surface area contributed by atoms with E-state index in [-0.39, 0.29) is 0 Å². The van der Waals surface area contributed by atoms with Crippen molar-refractivity contribution >= 4 is 17.6 Å². The van der Waals surface area contributed by atoms with Crippen molar-refractivity contribution in [3.05, 3.63) is 77.1 Å². The number of benzene rings is 2. The van der Waals surface area contributed by atoms with E-state index in [2.05, 4.69) is 5.32 Å². The van der Waals surface area contributed by atoms with Gasteiger partial charge >= 0.3 is 5.97 Å². The van der Waals surface area contributed by atoms with E-state index in [1.54, 1.807) is 31.4 Å². The van der Waals surface area contributed by atoms with Gasteiger partial charge < -0.3 is 24.1 Å². The Morgan fingerprint density at radius 2 is 1.71 bits per heavy atom. The van der Waals surface area contributed by atoms with Crippen LogP contribution >= 0.6 is 0 Å². The maximum atomic E-state index is 12.6. The summed E-state index contributed by atoms with van der Waals surface area (Å²) in [4.78, 5) is 24.9. The van der Waals surface area contributed by atoms with Crippen molar-refractivity contribution in [2.24, 2.45) is 0 Å². The molecule has 0 aliphatic heterocycles. The molecule has 0 unspecified atom stereocenters. The van der Waals surface area contributed by atoms with Crippen LogP contribution in [0.5, 0.6) is 11.5 Å². The van der Waals surface area contributed by atoms with Gasteiger partial charge in [-0.2, -0.15) is 0 Å². The van der Waals surface area contributed by atoms with Gasteiger partial charge in [0, 0.05) is 24.0 Å². The van der Waals surface area contributed by atoms with Crippen molar-refractivity contribution in [1.82, 2.24) is 4.57 Å². The lowest BCUT2D eigenvalue weighted by molar-refractivity contribution is -0.119. The Labute approximate surface area is 181 Å². The lowest BCUT2D eigenvalue weighted by Crippen LogP contribution is -2.21. The molecule has 3 aromatic rings. The molecule has 1 amide bonds. The van der Waals surface area contributed by atoms with Crippen LogP contribution in [0.15, 0.2) is 54.6 Å². The molecule has 0 aliphatic carbocycles. The van der Waals surface area contributed by atoms with Crippen LogP contribution in [-0.4, -0.2) is 37.3 Å². The highest BCUT2D eigenvalue weighted by molar-refractivity contribution is 5.97. The third-order valence-electron chi connectivity index (χ3n) is 4.99. The molecule has 0 radical (unpaired) electrons. The molecule has 0 bridgehead atoms. The third-order valence-corrected chi connectivity index (χ3v) is 4.99. The van der Waals surface area contributed by atoms with Crippen molar-refractivity contribution in [3.8, 4) is 11.5 Å². The number of esters is 1. The Hall–Kier alpha value is -3.74. The quantitative estimate of drug-likeness (QED) is 0.556. The molecule has 1 N–H and O–H groups in total. The van der Waals surface area contributed by atoms with Gasteiger partial charge in [-0.05, 0) is 37.6 Å². The van der Waals surface area contributed by atoms with Gasteiger partial charge in [-0.15, -0.1) is 0 Å². The molecular weight excluding hydrogens is 396 g/mol. The van der Waals surface area contributed by atoms with Crippen molar-refractivity contribution in [2.45, 2.75) is 20.4 Å². The van der Waals surface area contributed by atoms with Gasteiger partial charge in [-0.1, -0.05) is 30.3 Å². The van der Waals surface area contributed by atoms with Crippen LogP contribution in [0.4, 0.5) is 5.69 Å². The molecule has 0 fully saturated rings. The minimum absolute atomic E-state index is 0.406. The van der Waals surface area contributed by atoms with Crippen LogP contribution in [0.2, 0.25) is 0 Å². The molecule has 3 rings (SSSR count). The minimum atomic E-state index is -0.538. The zero-order valence-electron chi connectivity index (χ0n) is 18.1. The third kappa shape index (κ3) is 5.25. The molecule has 0 spiro atoms. The zero-order valence-corrected chi connectivity index (χ0v) is 18.1. The largest absolute Gasteiger partial charge is 0.497 e. The van der Waals surface area contributed by atoms with Gasteiger partial charge in [-0.25, -0.2) is 4.79 Å². The van der Waals surface area contributed by atoms with E-state index in [0.717, 1.165) is 17.0 Å². The Morgan fingerprint density at radius 3 is 2.39 bits per heavy atom. The smallest absolute Gasteiger partial charge is 0.340 e. The van der Waals surface area contributed by atoms with Gasteiger partial charge in [0.05, 0.1) is 25.5 Å². The van der Waals surface area contributed by atoms with E-state index in [1.165, 1.54) is 7.11 Å². The van der Waals surface area contributed by atoms with E-state index < -0.39 is 18.5 Å². The molecule has 7 heteroatoms. The average Bonchev–Trinajstić information content (AvgIpc) is 3.06. The zero-order chi connectivity index (χ0) is 22.4. The van der Waals surface area contributed by atoms with Crippen LogP contribution in [0.1, 0.15) is 27.3 Å². The summed E-state index contributed by atoms with van der Waals surface area (Å²) in [7, 11) is 3.04. The summed E-state index contributed by atoms with van der Waals surface area (Å²) in [6, 6.07) is 16.8. The molecule has 7 nitrogen and oxygen atoms in total. The maximum absolute atomic E-state index is 12.6. The predicted molar refractivity (Wildman–Crippen MR) is 118 cm³/mol. The van der Waals surface area contributed by atoms with Crippen LogP contribution in [0, 0.1) is 13.8 Å². The van der Waals surface area contributed by atoms with Crippen molar-refractivity contribution in [2.75, 3.05) is 26.1 Å². The normalized spacial score (nSPS) is 10.5. The number of hydrogen-bond acceptors (Lipinski definition) is 5. The van der Waals surface area contributed by atoms with Gasteiger partial charge in [0.2, 0.25) is 0 Å². The van der Waals surface area contributed by atoms with E-state index in [9.17, 15) is 9.59 Å². The summed E-state index contributed by atoms with van der Waals surface area (Å²) in [5.74, 6) is 0.0507. The topological polar surface area (TPSA) is 78.8 Å². The first kappa shape index (κ1) is 22.0. The molecular formula is C24H26N2O5. The molecule has 0 aliphatic rings. The molecule has 31 heavy (non-hydrogen) atoms. The molecule has 0 saturated carbocycles. The number of hydrogen-bond donors (Lipinski definition) is 1. The van der Waals surface area contributed by atoms with Crippen molar-refractivity contribution < 1.29 is 23.8 Å². The number of nitrogens with one attached hydrogen (secondary N) is 1. The Morgan fingerprint density at radius 1 is 0.968 bits per heavy atom. The fourth-order valence-electron chi connectivity index (χ4n) is 3.31. The second-order valence-corrected chi connectivity index (χ2v) is 7.05. The fraction of sp³-hybridized carbons (Fsp3) is 0.250. The minimum Gasteiger partial charge on any atom is -0.497 e. The van der Waals surface area contributed by atoms with Crippen LogP contribution in [0.3, 0.4) is 0 Å². The summed E-state index contributed by atoms with van der Waals surface area (Å²) in [6.07, 6.45) is 0. The summed E-state index contributed by atoms with van der Waals surface area (Å²) >= 11 is 0. The number of nitrogens with zero attached hydrogens (tertiary/aromatic N) is 1. The highest BCUT2D eigenvalue weighted by atomic mass is 16.5. The summed E-state index contributed by atoms with van der Waals surface area (Å²) in [5.41, 5.74) is 3.79. The number of ether oxygens (including phenoxy) is 3. The lowest BCUT2D eigenvalue weighted by Gasteiger charge is -2.12. The number of methoxy groups -OCH3 is 2. The van der Waals surface area contributed by atoms with Crippen LogP contribution in [-0.2, 0) is 16.1 Å². The predicted octanol–water partition coefficient (Wildman–Crippen LogP) is 3.97. The molecule has 1 aromatic heterocycles. The van der Waals surface area contributed by atoms with Gasteiger partial charge in [0.1, 0.15) is 11.5 Å². The van der Waals surface area contributed by atoms with E-state index in [4.69, 9.17) is 14.2 Å². The Balaban J connectivity index is 1.63. The highest BCUT2D eigenvalue weighted by Crippen LogP contribution is 2.29. The monoisotopic (exact) mass is 422 g/mol. The molecule has 0 atom stereocenters. The first-order chi connectivity index (χ1) is 14.9.